The number of aromatic nitrogens is 1. The molecule has 2 aliphatic carbocycles. The summed E-state index contributed by atoms with van der Waals surface area (Å²) in [4.78, 5) is 58.2. The molecule has 1 aromatic heterocycles. The monoisotopic (exact) mass is 677 g/mol. The number of nitrogens with one attached hydrogen (secondary N) is 2. The van der Waals surface area contributed by atoms with Crippen LogP contribution in [0.1, 0.15) is 22.8 Å². The predicted octanol–water partition coefficient (Wildman–Crippen LogP) is 6.44. The van der Waals surface area contributed by atoms with Crippen LogP contribution < -0.4 is 19.8 Å². The van der Waals surface area contributed by atoms with Crippen molar-refractivity contribution in [3.05, 3.63) is 103 Å². The first-order chi connectivity index (χ1) is 21.8. The molecule has 4 unspecified atom stereocenters. The standard InChI is InChI=1S/C33H25Cl2N3O5S2/c34-21-10-9-16(12-22(21)35)36-23(39)14-43-18-8-4-5-15(11-18)24-25-19-13-20(28(25)44-30-29(24)45-33(42)37-30)27-26(19)31(40)38(32(27)41)17-6-2-1-3-7-17/h1-12,19-20,24-28H,13-14H2,(H,36,39)(H,37,42)/t19-,20-,24-,25?,26?,27?,28?/m1/s1. The topological polar surface area (TPSA) is 109 Å². The van der Waals surface area contributed by atoms with E-state index in [1.54, 1.807) is 36.0 Å². The second-order valence-electron chi connectivity index (χ2n) is 11.8. The summed E-state index contributed by atoms with van der Waals surface area (Å²) in [5.41, 5.74) is 2.07. The largest absolute Gasteiger partial charge is 0.484 e. The summed E-state index contributed by atoms with van der Waals surface area (Å²) in [5.74, 6) is -0.883. The summed E-state index contributed by atoms with van der Waals surface area (Å²) >= 11 is 14.9. The number of carbonyl (C=O) groups excluding carboxylic acids is 3. The Morgan fingerprint density at radius 1 is 0.933 bits per heavy atom. The quantitative estimate of drug-likeness (QED) is 0.228. The molecule has 4 aliphatic rings. The Morgan fingerprint density at radius 2 is 1.71 bits per heavy atom. The highest BCUT2D eigenvalue weighted by Gasteiger charge is 2.69. The first-order valence-electron chi connectivity index (χ1n) is 14.6. The number of fused-ring (bicyclic) bond motifs is 9. The Kier molecular flexibility index (Phi) is 7.09. The van der Waals surface area contributed by atoms with Crippen molar-refractivity contribution in [1.29, 1.82) is 0 Å². The summed E-state index contributed by atoms with van der Waals surface area (Å²) in [5, 5.41) is 4.40. The number of carbonyl (C=O) groups is 3. The summed E-state index contributed by atoms with van der Waals surface area (Å²) in [6.45, 7) is -0.223. The number of hydrogen-bond acceptors (Lipinski definition) is 7. The molecule has 2 N–H and O–H groups in total. The maximum absolute atomic E-state index is 13.9. The fourth-order valence-corrected chi connectivity index (χ4v) is 11.1. The number of thioether (sulfide) groups is 1. The molecular formula is C33H25Cl2N3O5S2. The normalized spacial score (nSPS) is 27.7. The zero-order valence-corrected chi connectivity index (χ0v) is 26.6. The average molecular weight is 679 g/mol. The number of rotatable bonds is 6. The van der Waals surface area contributed by atoms with Gasteiger partial charge >= 0.3 is 4.87 Å². The number of hydrogen-bond donors (Lipinski definition) is 2. The van der Waals surface area contributed by atoms with Gasteiger partial charge in [0.15, 0.2) is 6.61 Å². The van der Waals surface area contributed by atoms with Gasteiger partial charge in [-0.25, -0.2) is 0 Å². The van der Waals surface area contributed by atoms with Crippen LogP contribution in [0.15, 0.2) is 82.6 Å². The average Bonchev–Trinajstić information content (AvgIpc) is 3.77. The Labute approximate surface area is 276 Å². The van der Waals surface area contributed by atoms with Crippen molar-refractivity contribution in [1.82, 2.24) is 4.98 Å². The van der Waals surface area contributed by atoms with Crippen molar-refractivity contribution < 1.29 is 19.1 Å². The Hall–Kier alpha value is -3.57. The van der Waals surface area contributed by atoms with Gasteiger partial charge in [-0.15, -0.1) is 11.8 Å². The van der Waals surface area contributed by atoms with Crippen molar-refractivity contribution in [3.63, 3.8) is 0 Å². The number of anilines is 2. The van der Waals surface area contributed by atoms with Gasteiger partial charge in [0.25, 0.3) is 5.91 Å². The van der Waals surface area contributed by atoms with Gasteiger partial charge in [-0.3, -0.25) is 24.1 Å². The zero-order chi connectivity index (χ0) is 31.0. The molecule has 12 heteroatoms. The molecule has 0 radical (unpaired) electrons. The Bertz CT molecular complexity index is 1930. The number of imide groups is 1. The summed E-state index contributed by atoms with van der Waals surface area (Å²) < 4.78 is 5.91. The van der Waals surface area contributed by atoms with E-state index in [4.69, 9.17) is 27.9 Å². The lowest BCUT2D eigenvalue weighted by Crippen LogP contribution is -2.42. The van der Waals surface area contributed by atoms with Gasteiger partial charge in [0.1, 0.15) is 5.75 Å². The Balaban J connectivity index is 1.08. The minimum Gasteiger partial charge on any atom is -0.484 e. The number of thiazole rings is 1. The number of aromatic amines is 1. The fraction of sp³-hybridized carbons (Fsp3) is 0.273. The van der Waals surface area contributed by atoms with Crippen LogP contribution in [0.2, 0.25) is 10.0 Å². The van der Waals surface area contributed by atoms with Crippen molar-refractivity contribution in [2.45, 2.75) is 22.6 Å². The molecule has 3 fully saturated rings. The molecule has 3 heterocycles. The van der Waals surface area contributed by atoms with Gasteiger partial charge in [0.05, 0.1) is 32.6 Å². The number of benzene rings is 3. The molecule has 228 valence electrons. The second-order valence-corrected chi connectivity index (χ2v) is 14.9. The number of nitrogens with zero attached hydrogens (tertiary/aromatic N) is 1. The molecule has 3 aromatic carbocycles. The lowest BCUT2D eigenvalue weighted by molar-refractivity contribution is -0.123. The maximum Gasteiger partial charge on any atom is 0.305 e. The Morgan fingerprint density at radius 3 is 2.49 bits per heavy atom. The molecule has 8 rings (SSSR count). The molecule has 3 amide bonds. The summed E-state index contributed by atoms with van der Waals surface area (Å²) in [6.07, 6.45) is 0.804. The van der Waals surface area contributed by atoms with Crippen LogP contribution in [0.25, 0.3) is 0 Å². The van der Waals surface area contributed by atoms with E-state index in [2.05, 4.69) is 10.3 Å². The SMILES string of the molecule is O=C(COc1cccc([C@H]2c3sc(=O)[nH]c3SC3C2[C@H]2C[C@@H]3C3C(=O)N(c4ccccc4)C(=O)C32)c1)Nc1ccc(Cl)c(Cl)c1. The molecule has 7 atom stereocenters. The third-order valence-electron chi connectivity index (χ3n) is 9.53. The lowest BCUT2D eigenvalue weighted by Gasteiger charge is -2.43. The van der Waals surface area contributed by atoms with Gasteiger partial charge in [-0.2, -0.15) is 0 Å². The number of halogens is 2. The number of H-pyrrole nitrogens is 1. The summed E-state index contributed by atoms with van der Waals surface area (Å²) in [6, 6.07) is 21.6. The lowest BCUT2D eigenvalue weighted by atomic mass is 9.68. The van der Waals surface area contributed by atoms with Crippen molar-refractivity contribution in [2.24, 2.45) is 29.6 Å². The van der Waals surface area contributed by atoms with Gasteiger partial charge in [-0.1, -0.05) is 64.9 Å². The molecule has 2 bridgehead atoms. The van der Waals surface area contributed by atoms with E-state index in [-0.39, 0.29) is 70.0 Å². The van der Waals surface area contributed by atoms with E-state index >= 15 is 0 Å². The first kappa shape index (κ1) is 28.9. The fourth-order valence-electron chi connectivity index (χ4n) is 7.94. The van der Waals surface area contributed by atoms with Crippen molar-refractivity contribution in [2.75, 3.05) is 16.8 Å². The molecule has 8 nitrogen and oxygen atoms in total. The molecule has 0 spiro atoms. The van der Waals surface area contributed by atoms with Crippen LogP contribution in [-0.4, -0.2) is 34.6 Å². The maximum atomic E-state index is 13.9. The van der Waals surface area contributed by atoms with E-state index in [1.165, 1.54) is 16.2 Å². The highest BCUT2D eigenvalue weighted by molar-refractivity contribution is 8.00. The number of amides is 3. The van der Waals surface area contributed by atoms with Crippen LogP contribution in [0.4, 0.5) is 11.4 Å². The molecular weight excluding hydrogens is 653 g/mol. The van der Waals surface area contributed by atoms with Gasteiger partial charge < -0.3 is 15.0 Å². The van der Waals surface area contributed by atoms with Gasteiger partial charge in [-0.05, 0) is 72.2 Å². The van der Waals surface area contributed by atoms with Gasteiger partial charge in [0.2, 0.25) is 11.8 Å². The van der Waals surface area contributed by atoms with Crippen LogP contribution in [0, 0.1) is 29.6 Å². The predicted molar refractivity (Wildman–Crippen MR) is 174 cm³/mol. The highest BCUT2D eigenvalue weighted by Crippen LogP contribution is 2.68. The molecule has 45 heavy (non-hydrogen) atoms. The van der Waals surface area contributed by atoms with E-state index in [0.717, 1.165) is 21.9 Å². The molecule has 2 saturated carbocycles. The van der Waals surface area contributed by atoms with Crippen LogP contribution in [0.3, 0.4) is 0 Å². The van der Waals surface area contributed by atoms with E-state index in [0.29, 0.717) is 27.2 Å². The first-order valence-corrected chi connectivity index (χ1v) is 17.0. The van der Waals surface area contributed by atoms with Crippen LogP contribution in [0.5, 0.6) is 5.75 Å². The molecule has 1 saturated heterocycles. The number of para-hydroxylation sites is 1. The third kappa shape index (κ3) is 4.72. The number of ether oxygens (including phenoxy) is 1. The van der Waals surface area contributed by atoms with Gasteiger partial charge in [0, 0.05) is 21.7 Å². The van der Waals surface area contributed by atoms with E-state index in [1.807, 2.05) is 48.5 Å². The second kappa shape index (κ2) is 11.0. The minimum atomic E-state index is -0.381. The van der Waals surface area contributed by atoms with Crippen LogP contribution >= 0.6 is 46.3 Å². The van der Waals surface area contributed by atoms with Crippen molar-refractivity contribution >= 4 is 75.4 Å². The zero-order valence-electron chi connectivity index (χ0n) is 23.4. The van der Waals surface area contributed by atoms with Crippen molar-refractivity contribution in [3.8, 4) is 5.75 Å². The molecule has 4 aromatic rings. The smallest absolute Gasteiger partial charge is 0.305 e. The minimum absolute atomic E-state index is 0.000401. The highest BCUT2D eigenvalue weighted by atomic mass is 35.5. The molecule has 2 aliphatic heterocycles. The third-order valence-corrected chi connectivity index (χ3v) is 12.9. The van der Waals surface area contributed by atoms with Crippen LogP contribution in [-0.2, 0) is 14.4 Å². The summed E-state index contributed by atoms with van der Waals surface area (Å²) in [7, 11) is 0. The van der Waals surface area contributed by atoms with E-state index < -0.39 is 0 Å². The van der Waals surface area contributed by atoms with E-state index in [9.17, 15) is 19.2 Å².